The van der Waals surface area contributed by atoms with Gasteiger partial charge in [-0.3, -0.25) is 10.1 Å². The van der Waals surface area contributed by atoms with Crippen LogP contribution in [-0.2, 0) is 0 Å². The van der Waals surface area contributed by atoms with Crippen LogP contribution in [0.2, 0.25) is 0 Å². The average Bonchev–Trinajstić information content (AvgIpc) is 2.27. The first kappa shape index (κ1) is 12.8. The minimum atomic E-state index is -0.713. The third kappa shape index (κ3) is 2.46. The Kier molecular flexibility index (Phi) is 3.26. The third-order valence-electron chi connectivity index (χ3n) is 3.49. The molecule has 98 valence electrons. The largest absolute Gasteiger partial charge is 0.388 e. The molecule has 0 aromatic heterocycles. The number of hydrogen-bond donors (Lipinski definition) is 1. The first-order valence-electron chi connectivity index (χ1n) is 6.12. The Labute approximate surface area is 106 Å². The number of piperidine rings is 1. The molecule has 1 aliphatic rings. The quantitative estimate of drug-likeness (QED) is 0.645. The summed E-state index contributed by atoms with van der Waals surface area (Å²) in [7, 11) is 0. The number of aliphatic hydroxyl groups is 1. The van der Waals surface area contributed by atoms with E-state index >= 15 is 0 Å². The maximum atomic E-state index is 10.9. The SMILES string of the molecule is Cc1c(N2CCCC(C)(O)C2)cccc1[N+](=O)[O-]. The summed E-state index contributed by atoms with van der Waals surface area (Å²) < 4.78 is 0. The molecule has 0 aliphatic carbocycles. The molecule has 0 saturated carbocycles. The van der Waals surface area contributed by atoms with Gasteiger partial charge in [0, 0.05) is 24.8 Å². The van der Waals surface area contributed by atoms with Gasteiger partial charge in [-0.15, -0.1) is 0 Å². The summed E-state index contributed by atoms with van der Waals surface area (Å²) in [5.74, 6) is 0. The zero-order valence-electron chi connectivity index (χ0n) is 10.7. The van der Waals surface area contributed by atoms with Crippen LogP contribution < -0.4 is 4.90 Å². The summed E-state index contributed by atoms with van der Waals surface area (Å²) in [4.78, 5) is 12.6. The Hall–Kier alpha value is -1.62. The first-order chi connectivity index (χ1) is 8.41. The predicted octanol–water partition coefficient (Wildman–Crippen LogP) is 2.25. The van der Waals surface area contributed by atoms with Gasteiger partial charge >= 0.3 is 0 Å². The molecular formula is C13H18N2O3. The predicted molar refractivity (Wildman–Crippen MR) is 69.9 cm³/mol. The van der Waals surface area contributed by atoms with E-state index in [1.165, 1.54) is 6.07 Å². The standard InChI is InChI=1S/C13H18N2O3/c1-10-11(5-3-6-12(10)15(17)18)14-8-4-7-13(2,16)9-14/h3,5-6,16H,4,7-9H2,1-2H3. The summed E-state index contributed by atoms with van der Waals surface area (Å²) in [5, 5.41) is 21.0. The van der Waals surface area contributed by atoms with Crippen LogP contribution >= 0.6 is 0 Å². The zero-order valence-corrected chi connectivity index (χ0v) is 10.7. The highest BCUT2D eigenvalue weighted by Gasteiger charge is 2.30. The molecule has 0 amide bonds. The molecule has 18 heavy (non-hydrogen) atoms. The molecule has 1 heterocycles. The smallest absolute Gasteiger partial charge is 0.274 e. The molecule has 1 unspecified atom stereocenters. The fraction of sp³-hybridized carbons (Fsp3) is 0.538. The normalized spacial score (nSPS) is 24.1. The van der Waals surface area contributed by atoms with Gasteiger partial charge in [0.1, 0.15) is 0 Å². The highest BCUT2D eigenvalue weighted by molar-refractivity contribution is 5.61. The number of nitro groups is 1. The average molecular weight is 250 g/mol. The van der Waals surface area contributed by atoms with E-state index in [0.717, 1.165) is 25.1 Å². The Morgan fingerprint density at radius 1 is 1.50 bits per heavy atom. The van der Waals surface area contributed by atoms with Crippen LogP contribution in [0.1, 0.15) is 25.3 Å². The molecule has 0 radical (unpaired) electrons. The van der Waals surface area contributed by atoms with Crippen molar-refractivity contribution in [3.8, 4) is 0 Å². The lowest BCUT2D eigenvalue weighted by Gasteiger charge is -2.38. The van der Waals surface area contributed by atoms with E-state index in [1.807, 2.05) is 17.9 Å². The van der Waals surface area contributed by atoms with Gasteiger partial charge in [-0.05, 0) is 32.8 Å². The maximum absolute atomic E-state index is 10.9. The fourth-order valence-electron chi connectivity index (χ4n) is 2.58. The second-order valence-corrected chi connectivity index (χ2v) is 5.20. The number of anilines is 1. The Bertz CT molecular complexity index is 471. The molecule has 1 saturated heterocycles. The molecule has 1 fully saturated rings. The lowest BCUT2D eigenvalue weighted by atomic mass is 9.94. The van der Waals surface area contributed by atoms with Crippen molar-refractivity contribution in [2.24, 2.45) is 0 Å². The van der Waals surface area contributed by atoms with Gasteiger partial charge in [0.2, 0.25) is 0 Å². The van der Waals surface area contributed by atoms with Crippen molar-refractivity contribution < 1.29 is 10.0 Å². The topological polar surface area (TPSA) is 66.6 Å². The monoisotopic (exact) mass is 250 g/mol. The summed E-state index contributed by atoms with van der Waals surface area (Å²) >= 11 is 0. The van der Waals surface area contributed by atoms with Gasteiger partial charge in [-0.1, -0.05) is 6.07 Å². The Balaban J connectivity index is 2.34. The van der Waals surface area contributed by atoms with Crippen LogP contribution in [0.3, 0.4) is 0 Å². The van der Waals surface area contributed by atoms with Gasteiger partial charge < -0.3 is 10.0 Å². The summed E-state index contributed by atoms with van der Waals surface area (Å²) in [5.41, 5.74) is 0.942. The molecule has 1 N–H and O–H groups in total. The highest BCUT2D eigenvalue weighted by Crippen LogP contribution is 2.32. The number of benzene rings is 1. The maximum Gasteiger partial charge on any atom is 0.274 e. The molecule has 1 atom stereocenters. The van der Waals surface area contributed by atoms with Gasteiger partial charge in [-0.25, -0.2) is 0 Å². The van der Waals surface area contributed by atoms with Crippen molar-refractivity contribution in [3.05, 3.63) is 33.9 Å². The molecule has 1 aromatic carbocycles. The minimum Gasteiger partial charge on any atom is -0.388 e. The molecule has 1 aliphatic heterocycles. The van der Waals surface area contributed by atoms with E-state index < -0.39 is 5.60 Å². The first-order valence-corrected chi connectivity index (χ1v) is 6.12. The van der Waals surface area contributed by atoms with Gasteiger partial charge in [0.15, 0.2) is 0 Å². The number of rotatable bonds is 2. The second-order valence-electron chi connectivity index (χ2n) is 5.20. The second kappa shape index (κ2) is 4.57. The van der Waals surface area contributed by atoms with Gasteiger partial charge in [0.25, 0.3) is 5.69 Å². The molecule has 1 aromatic rings. The Morgan fingerprint density at radius 2 is 2.22 bits per heavy atom. The summed E-state index contributed by atoms with van der Waals surface area (Å²) in [6, 6.07) is 5.09. The highest BCUT2D eigenvalue weighted by atomic mass is 16.6. The van der Waals surface area contributed by atoms with Crippen molar-refractivity contribution in [1.29, 1.82) is 0 Å². The van der Waals surface area contributed by atoms with Crippen LogP contribution in [0, 0.1) is 17.0 Å². The van der Waals surface area contributed by atoms with E-state index in [9.17, 15) is 15.2 Å². The molecule has 5 nitrogen and oxygen atoms in total. The van der Waals surface area contributed by atoms with Gasteiger partial charge in [0.05, 0.1) is 16.1 Å². The van der Waals surface area contributed by atoms with Crippen LogP contribution in [0.5, 0.6) is 0 Å². The van der Waals surface area contributed by atoms with Crippen molar-refractivity contribution in [2.45, 2.75) is 32.3 Å². The van der Waals surface area contributed by atoms with E-state index in [1.54, 1.807) is 13.0 Å². The van der Waals surface area contributed by atoms with Crippen LogP contribution in [-0.4, -0.2) is 28.7 Å². The lowest BCUT2D eigenvalue weighted by Crippen LogP contribution is -2.46. The van der Waals surface area contributed by atoms with E-state index in [2.05, 4.69) is 0 Å². The number of nitrogens with zero attached hydrogens (tertiary/aromatic N) is 2. The molecule has 0 spiro atoms. The molecular weight excluding hydrogens is 232 g/mol. The van der Waals surface area contributed by atoms with E-state index in [4.69, 9.17) is 0 Å². The summed E-state index contributed by atoms with van der Waals surface area (Å²) in [6.07, 6.45) is 1.67. The van der Waals surface area contributed by atoms with Crippen LogP contribution in [0.15, 0.2) is 18.2 Å². The van der Waals surface area contributed by atoms with Crippen molar-refractivity contribution in [1.82, 2.24) is 0 Å². The Morgan fingerprint density at radius 3 is 2.83 bits per heavy atom. The number of hydrogen-bond acceptors (Lipinski definition) is 4. The van der Waals surface area contributed by atoms with Crippen molar-refractivity contribution in [3.63, 3.8) is 0 Å². The van der Waals surface area contributed by atoms with E-state index in [-0.39, 0.29) is 10.6 Å². The van der Waals surface area contributed by atoms with Crippen LogP contribution in [0.4, 0.5) is 11.4 Å². The molecule has 5 heteroatoms. The minimum absolute atomic E-state index is 0.137. The van der Waals surface area contributed by atoms with E-state index in [0.29, 0.717) is 12.1 Å². The van der Waals surface area contributed by atoms with Gasteiger partial charge in [-0.2, -0.15) is 0 Å². The zero-order chi connectivity index (χ0) is 13.3. The van der Waals surface area contributed by atoms with Crippen molar-refractivity contribution >= 4 is 11.4 Å². The third-order valence-corrected chi connectivity index (χ3v) is 3.49. The fourth-order valence-corrected chi connectivity index (χ4v) is 2.58. The molecule has 2 rings (SSSR count). The summed E-state index contributed by atoms with van der Waals surface area (Å²) in [6.45, 7) is 4.93. The lowest BCUT2D eigenvalue weighted by molar-refractivity contribution is -0.385. The molecule has 0 bridgehead atoms. The number of nitro benzene ring substituents is 1. The number of β-amino-alcohol motifs (C(OH)–C–C–N with tert-alkyl or cyclic N) is 1. The van der Waals surface area contributed by atoms with Crippen molar-refractivity contribution in [2.75, 3.05) is 18.0 Å². The van der Waals surface area contributed by atoms with Crippen LogP contribution in [0.25, 0.3) is 0 Å².